The Labute approximate surface area is 160 Å². The van der Waals surface area contributed by atoms with Crippen molar-refractivity contribution in [3.63, 3.8) is 0 Å². The van der Waals surface area contributed by atoms with E-state index in [1.165, 1.54) is 0 Å². The van der Waals surface area contributed by atoms with E-state index < -0.39 is 0 Å². The third-order valence-electron chi connectivity index (χ3n) is 5.15. The van der Waals surface area contributed by atoms with Gasteiger partial charge in [-0.2, -0.15) is 0 Å². The summed E-state index contributed by atoms with van der Waals surface area (Å²) in [5, 5.41) is 4.06. The molecule has 6 nitrogen and oxygen atoms in total. The molecule has 27 heavy (non-hydrogen) atoms. The van der Waals surface area contributed by atoms with Crippen molar-refractivity contribution in [3.8, 4) is 11.5 Å². The fourth-order valence-corrected chi connectivity index (χ4v) is 3.43. The minimum atomic E-state index is 0.0551. The maximum Gasteiger partial charge on any atom is 0.259 e. The molecule has 2 heterocycles. The van der Waals surface area contributed by atoms with Crippen molar-refractivity contribution in [2.75, 3.05) is 26.8 Å². The summed E-state index contributed by atoms with van der Waals surface area (Å²) in [5.74, 6) is 2.87. The van der Waals surface area contributed by atoms with E-state index in [-0.39, 0.29) is 5.91 Å². The lowest BCUT2D eigenvalue weighted by Crippen LogP contribution is -2.40. The molecule has 1 aromatic carbocycles. The Bertz CT molecular complexity index is 725. The van der Waals surface area contributed by atoms with Crippen molar-refractivity contribution >= 4 is 5.91 Å². The van der Waals surface area contributed by atoms with E-state index in [1.807, 2.05) is 43.0 Å². The number of rotatable bonds is 7. The van der Waals surface area contributed by atoms with Crippen LogP contribution in [0.4, 0.5) is 0 Å². The standard InChI is InChI=1S/C21H28N2O4/c1-4-18-20(19(5-2)27-22-18)21(24)23-12-10-15(11-13-23)14-26-17-8-6-16(25-3)7-9-17/h6-9,15H,4-5,10-14H2,1-3H3. The summed E-state index contributed by atoms with van der Waals surface area (Å²) in [6, 6.07) is 7.63. The molecule has 0 unspecified atom stereocenters. The van der Waals surface area contributed by atoms with Gasteiger partial charge in [-0.3, -0.25) is 4.79 Å². The zero-order valence-corrected chi connectivity index (χ0v) is 16.4. The fraction of sp³-hybridized carbons (Fsp3) is 0.524. The van der Waals surface area contributed by atoms with Crippen LogP contribution < -0.4 is 9.47 Å². The zero-order chi connectivity index (χ0) is 19.2. The highest BCUT2D eigenvalue weighted by molar-refractivity contribution is 5.96. The predicted molar refractivity (Wildman–Crippen MR) is 102 cm³/mol. The first kappa shape index (κ1) is 19.3. The summed E-state index contributed by atoms with van der Waals surface area (Å²) >= 11 is 0. The van der Waals surface area contributed by atoms with Crippen molar-refractivity contribution in [1.29, 1.82) is 0 Å². The lowest BCUT2D eigenvalue weighted by atomic mass is 9.96. The van der Waals surface area contributed by atoms with Crippen molar-refractivity contribution in [2.45, 2.75) is 39.5 Å². The SMILES string of the molecule is CCc1noc(CC)c1C(=O)N1CCC(COc2ccc(OC)cc2)CC1. The number of aromatic nitrogens is 1. The van der Waals surface area contributed by atoms with Gasteiger partial charge in [0, 0.05) is 19.5 Å². The second kappa shape index (κ2) is 8.93. The highest BCUT2D eigenvalue weighted by Gasteiger charge is 2.29. The number of amides is 1. The van der Waals surface area contributed by atoms with Crippen LogP contribution in [0.25, 0.3) is 0 Å². The number of hydrogen-bond acceptors (Lipinski definition) is 5. The number of benzene rings is 1. The smallest absolute Gasteiger partial charge is 0.259 e. The quantitative estimate of drug-likeness (QED) is 0.741. The van der Waals surface area contributed by atoms with Gasteiger partial charge in [0.2, 0.25) is 0 Å². The van der Waals surface area contributed by atoms with Gasteiger partial charge in [0.15, 0.2) is 0 Å². The zero-order valence-electron chi connectivity index (χ0n) is 16.4. The number of ether oxygens (including phenoxy) is 2. The molecule has 1 aromatic heterocycles. The molecule has 0 saturated carbocycles. The predicted octanol–water partition coefficient (Wildman–Crippen LogP) is 3.74. The number of carbonyl (C=O) groups is 1. The van der Waals surface area contributed by atoms with Gasteiger partial charge < -0.3 is 18.9 Å². The molecule has 6 heteroatoms. The minimum absolute atomic E-state index is 0.0551. The highest BCUT2D eigenvalue weighted by Crippen LogP contribution is 2.24. The maximum atomic E-state index is 12.9. The van der Waals surface area contributed by atoms with Gasteiger partial charge in [0.25, 0.3) is 5.91 Å². The Morgan fingerprint density at radius 3 is 2.41 bits per heavy atom. The van der Waals surface area contributed by atoms with E-state index in [4.69, 9.17) is 14.0 Å². The molecule has 1 aliphatic rings. The second-order valence-corrected chi connectivity index (χ2v) is 6.86. The summed E-state index contributed by atoms with van der Waals surface area (Å²) in [6.07, 6.45) is 3.27. The molecule has 2 aromatic rings. The molecular formula is C21H28N2O4. The topological polar surface area (TPSA) is 64.8 Å². The normalized spacial score (nSPS) is 15.0. The third-order valence-corrected chi connectivity index (χ3v) is 5.15. The van der Waals surface area contributed by atoms with E-state index in [2.05, 4.69) is 5.16 Å². The lowest BCUT2D eigenvalue weighted by molar-refractivity contribution is 0.0658. The number of methoxy groups -OCH3 is 1. The molecule has 0 N–H and O–H groups in total. The first-order valence-corrected chi connectivity index (χ1v) is 9.69. The summed E-state index contributed by atoms with van der Waals surface area (Å²) in [5.41, 5.74) is 1.44. The van der Waals surface area contributed by atoms with E-state index in [0.717, 1.165) is 43.1 Å². The summed E-state index contributed by atoms with van der Waals surface area (Å²) in [4.78, 5) is 14.9. The van der Waals surface area contributed by atoms with Crippen LogP contribution in [0.5, 0.6) is 11.5 Å². The molecule has 0 bridgehead atoms. The average Bonchev–Trinajstić information content (AvgIpc) is 3.15. The second-order valence-electron chi connectivity index (χ2n) is 6.86. The van der Waals surface area contributed by atoms with Gasteiger partial charge in [0.05, 0.1) is 19.4 Å². The number of aryl methyl sites for hydroxylation is 2. The summed E-state index contributed by atoms with van der Waals surface area (Å²) < 4.78 is 16.4. The van der Waals surface area contributed by atoms with Crippen molar-refractivity contribution in [2.24, 2.45) is 5.92 Å². The Morgan fingerprint density at radius 1 is 1.15 bits per heavy atom. The number of piperidine rings is 1. The van der Waals surface area contributed by atoms with E-state index in [9.17, 15) is 4.79 Å². The van der Waals surface area contributed by atoms with Gasteiger partial charge in [-0.05, 0) is 49.4 Å². The highest BCUT2D eigenvalue weighted by atomic mass is 16.5. The van der Waals surface area contributed by atoms with Gasteiger partial charge >= 0.3 is 0 Å². The number of likely N-dealkylation sites (tertiary alicyclic amines) is 1. The molecule has 0 aliphatic carbocycles. The van der Waals surface area contributed by atoms with Crippen LogP contribution >= 0.6 is 0 Å². The Kier molecular flexibility index (Phi) is 6.37. The third kappa shape index (κ3) is 4.43. The van der Waals surface area contributed by atoms with Crippen molar-refractivity contribution < 1.29 is 18.8 Å². The van der Waals surface area contributed by atoms with Crippen LogP contribution in [0.15, 0.2) is 28.8 Å². The molecular weight excluding hydrogens is 344 g/mol. The average molecular weight is 372 g/mol. The first-order valence-electron chi connectivity index (χ1n) is 9.69. The van der Waals surface area contributed by atoms with Crippen molar-refractivity contribution in [3.05, 3.63) is 41.3 Å². The largest absolute Gasteiger partial charge is 0.497 e. The molecule has 0 radical (unpaired) electrons. The fourth-order valence-electron chi connectivity index (χ4n) is 3.43. The van der Waals surface area contributed by atoms with Crippen LogP contribution in [0.1, 0.15) is 48.5 Å². The van der Waals surface area contributed by atoms with Crippen LogP contribution in [0.2, 0.25) is 0 Å². The summed E-state index contributed by atoms with van der Waals surface area (Å²) in [7, 11) is 1.65. The maximum absolute atomic E-state index is 12.9. The van der Waals surface area contributed by atoms with E-state index >= 15 is 0 Å². The summed E-state index contributed by atoms with van der Waals surface area (Å²) in [6.45, 7) is 6.14. The molecule has 0 spiro atoms. The van der Waals surface area contributed by atoms with Gasteiger partial charge in [-0.25, -0.2) is 0 Å². The number of hydrogen-bond donors (Lipinski definition) is 0. The molecule has 1 amide bonds. The number of carbonyl (C=O) groups excluding carboxylic acids is 1. The van der Waals surface area contributed by atoms with Crippen LogP contribution in [0.3, 0.4) is 0 Å². The minimum Gasteiger partial charge on any atom is -0.497 e. The van der Waals surface area contributed by atoms with Crippen LogP contribution in [-0.2, 0) is 12.8 Å². The Hall–Kier alpha value is -2.50. The monoisotopic (exact) mass is 372 g/mol. The van der Waals surface area contributed by atoms with Gasteiger partial charge in [-0.15, -0.1) is 0 Å². The van der Waals surface area contributed by atoms with Crippen molar-refractivity contribution in [1.82, 2.24) is 10.1 Å². The molecule has 0 atom stereocenters. The molecule has 1 saturated heterocycles. The lowest BCUT2D eigenvalue weighted by Gasteiger charge is -2.32. The Morgan fingerprint density at radius 2 is 1.81 bits per heavy atom. The van der Waals surface area contributed by atoms with E-state index in [1.54, 1.807) is 7.11 Å². The van der Waals surface area contributed by atoms with Gasteiger partial charge in [0.1, 0.15) is 22.8 Å². The molecule has 146 valence electrons. The van der Waals surface area contributed by atoms with Crippen LogP contribution in [-0.4, -0.2) is 42.8 Å². The molecule has 1 aliphatic heterocycles. The molecule has 3 rings (SSSR count). The van der Waals surface area contributed by atoms with Gasteiger partial charge in [-0.1, -0.05) is 19.0 Å². The first-order chi connectivity index (χ1) is 13.2. The van der Waals surface area contributed by atoms with Crippen LogP contribution in [0, 0.1) is 5.92 Å². The number of nitrogens with zero attached hydrogens (tertiary/aromatic N) is 2. The van der Waals surface area contributed by atoms with E-state index in [0.29, 0.717) is 36.7 Å². The molecule has 1 fully saturated rings. The Balaban J connectivity index is 1.52.